The first-order chi connectivity index (χ1) is 14.8. The Morgan fingerprint density at radius 2 is 1.71 bits per heavy atom. The number of hydrogen-bond donors (Lipinski definition) is 2. The van der Waals surface area contributed by atoms with E-state index in [4.69, 9.17) is 0 Å². The Balaban J connectivity index is 1.59. The van der Waals surface area contributed by atoms with Gasteiger partial charge in [0.2, 0.25) is 5.91 Å². The number of sulfonamides is 1. The molecule has 2 aromatic rings. The van der Waals surface area contributed by atoms with Crippen molar-refractivity contribution in [3.8, 4) is 0 Å². The molecule has 164 valence electrons. The summed E-state index contributed by atoms with van der Waals surface area (Å²) in [5, 5.41) is 2.75. The van der Waals surface area contributed by atoms with Gasteiger partial charge in [0.05, 0.1) is 4.90 Å². The van der Waals surface area contributed by atoms with Gasteiger partial charge in [-0.05, 0) is 60.2 Å². The van der Waals surface area contributed by atoms with Crippen LogP contribution in [0.2, 0.25) is 0 Å². The van der Waals surface area contributed by atoms with Crippen LogP contribution >= 0.6 is 0 Å². The Morgan fingerprint density at radius 3 is 2.39 bits per heavy atom. The van der Waals surface area contributed by atoms with Gasteiger partial charge < -0.3 is 5.32 Å². The second-order valence-electron chi connectivity index (χ2n) is 7.91. The number of amides is 1. The van der Waals surface area contributed by atoms with Crippen LogP contribution in [0.4, 0.5) is 5.69 Å². The molecule has 0 saturated heterocycles. The number of anilines is 1. The van der Waals surface area contributed by atoms with Crippen molar-refractivity contribution in [3.05, 3.63) is 65.7 Å². The molecular weight excluding hydrogens is 410 g/mol. The molecular formula is C24H29N3O3S. The van der Waals surface area contributed by atoms with Crippen LogP contribution in [0.5, 0.6) is 0 Å². The molecule has 0 aliphatic carbocycles. The van der Waals surface area contributed by atoms with Crippen molar-refractivity contribution in [2.75, 3.05) is 11.9 Å². The van der Waals surface area contributed by atoms with E-state index in [0.717, 1.165) is 24.8 Å². The Kier molecular flexibility index (Phi) is 7.63. The summed E-state index contributed by atoms with van der Waals surface area (Å²) < 4.78 is 27.7. The van der Waals surface area contributed by atoms with Gasteiger partial charge in [-0.3, -0.25) is 14.5 Å². The molecule has 3 rings (SSSR count). The van der Waals surface area contributed by atoms with Crippen LogP contribution in [-0.4, -0.2) is 26.7 Å². The zero-order valence-corrected chi connectivity index (χ0v) is 18.8. The van der Waals surface area contributed by atoms with E-state index in [2.05, 4.69) is 41.0 Å². The van der Waals surface area contributed by atoms with Crippen molar-refractivity contribution in [2.45, 2.75) is 50.3 Å². The molecule has 0 atom stereocenters. The molecule has 1 aliphatic rings. The third-order valence-electron chi connectivity index (χ3n) is 5.09. The van der Waals surface area contributed by atoms with E-state index in [9.17, 15) is 13.2 Å². The highest BCUT2D eigenvalue weighted by atomic mass is 32.2. The van der Waals surface area contributed by atoms with Crippen LogP contribution in [-0.2, 0) is 14.8 Å². The minimum absolute atomic E-state index is 0.137. The summed E-state index contributed by atoms with van der Waals surface area (Å²) in [6.07, 6.45) is 6.82. The number of carbonyl (C=O) groups excluding carboxylic acids is 1. The van der Waals surface area contributed by atoms with Crippen LogP contribution in [0.3, 0.4) is 0 Å². The van der Waals surface area contributed by atoms with Crippen LogP contribution < -0.4 is 10.0 Å². The van der Waals surface area contributed by atoms with E-state index in [1.807, 2.05) is 12.1 Å². The Labute approximate surface area is 184 Å². The molecule has 7 heteroatoms. The van der Waals surface area contributed by atoms with Crippen LogP contribution in [0.1, 0.15) is 56.6 Å². The second-order valence-corrected chi connectivity index (χ2v) is 9.60. The molecule has 0 spiro atoms. The summed E-state index contributed by atoms with van der Waals surface area (Å²) in [6, 6.07) is 14.2. The molecule has 2 aromatic carbocycles. The average molecular weight is 440 g/mol. The molecule has 0 radical (unpaired) electrons. The van der Waals surface area contributed by atoms with Crippen molar-refractivity contribution < 1.29 is 13.2 Å². The number of rotatable bonds is 6. The van der Waals surface area contributed by atoms with Crippen LogP contribution in [0.15, 0.2) is 64.5 Å². The minimum atomic E-state index is -3.68. The normalized spacial score (nSPS) is 14.9. The van der Waals surface area contributed by atoms with Gasteiger partial charge in [-0.2, -0.15) is 0 Å². The van der Waals surface area contributed by atoms with E-state index in [1.165, 1.54) is 23.8 Å². The van der Waals surface area contributed by atoms with Gasteiger partial charge in [-0.1, -0.05) is 44.5 Å². The van der Waals surface area contributed by atoms with E-state index in [1.54, 1.807) is 18.2 Å². The largest absolute Gasteiger partial charge is 0.323 e. The van der Waals surface area contributed by atoms with Crippen molar-refractivity contribution >= 4 is 33.5 Å². The SMILES string of the molecule is CC(C)c1ccc(/C=C/C(=O)Nc2ccc(S(=O)(=O)NC3=NCCCCC3)cc2)cc1. The quantitative estimate of drug-likeness (QED) is 0.639. The van der Waals surface area contributed by atoms with Gasteiger partial charge in [-0.15, -0.1) is 0 Å². The molecule has 0 unspecified atom stereocenters. The Morgan fingerprint density at radius 1 is 1.00 bits per heavy atom. The topological polar surface area (TPSA) is 87.6 Å². The lowest BCUT2D eigenvalue weighted by Gasteiger charge is -2.10. The van der Waals surface area contributed by atoms with Crippen LogP contribution in [0, 0.1) is 0 Å². The smallest absolute Gasteiger partial charge is 0.262 e. The fourth-order valence-corrected chi connectivity index (χ4v) is 4.33. The van der Waals surface area contributed by atoms with E-state index < -0.39 is 10.0 Å². The third-order valence-corrected chi connectivity index (χ3v) is 6.49. The molecule has 31 heavy (non-hydrogen) atoms. The minimum Gasteiger partial charge on any atom is -0.323 e. The number of hydrogen-bond acceptors (Lipinski definition) is 4. The maximum absolute atomic E-state index is 12.6. The van der Waals surface area contributed by atoms with Gasteiger partial charge in [0, 0.05) is 24.7 Å². The highest BCUT2D eigenvalue weighted by Gasteiger charge is 2.17. The number of benzene rings is 2. The first kappa shape index (κ1) is 22.7. The summed E-state index contributed by atoms with van der Waals surface area (Å²) in [7, 11) is -3.68. The number of aliphatic imine (C=N–C) groups is 1. The lowest BCUT2D eigenvalue weighted by molar-refractivity contribution is -0.111. The maximum Gasteiger partial charge on any atom is 0.262 e. The van der Waals surface area contributed by atoms with Gasteiger partial charge in [0.15, 0.2) is 0 Å². The average Bonchev–Trinajstić information content (AvgIpc) is 3.01. The molecule has 0 aromatic heterocycles. The third kappa shape index (κ3) is 6.79. The monoisotopic (exact) mass is 439 g/mol. The lowest BCUT2D eigenvalue weighted by Crippen LogP contribution is -2.30. The van der Waals surface area contributed by atoms with Gasteiger partial charge >= 0.3 is 0 Å². The summed E-state index contributed by atoms with van der Waals surface area (Å²) in [5.74, 6) is 0.694. The molecule has 1 heterocycles. The molecule has 0 bridgehead atoms. The van der Waals surface area contributed by atoms with Crippen molar-refractivity contribution in [3.63, 3.8) is 0 Å². The van der Waals surface area contributed by atoms with Crippen molar-refractivity contribution in [1.29, 1.82) is 0 Å². The highest BCUT2D eigenvalue weighted by molar-refractivity contribution is 7.90. The molecule has 1 aliphatic heterocycles. The second kappa shape index (κ2) is 10.4. The number of nitrogens with one attached hydrogen (secondary N) is 2. The fourth-order valence-electron chi connectivity index (χ4n) is 3.24. The highest BCUT2D eigenvalue weighted by Crippen LogP contribution is 2.17. The number of carbonyl (C=O) groups is 1. The van der Waals surface area contributed by atoms with Crippen LogP contribution in [0.25, 0.3) is 6.08 Å². The van der Waals surface area contributed by atoms with Crippen molar-refractivity contribution in [2.24, 2.45) is 4.99 Å². The van der Waals surface area contributed by atoms with Gasteiger partial charge in [-0.25, -0.2) is 8.42 Å². The first-order valence-corrected chi connectivity index (χ1v) is 12.1. The van der Waals surface area contributed by atoms with E-state index >= 15 is 0 Å². The summed E-state index contributed by atoms with van der Waals surface area (Å²) >= 11 is 0. The summed E-state index contributed by atoms with van der Waals surface area (Å²) in [6.45, 7) is 4.92. The fraction of sp³-hybridized carbons (Fsp3) is 0.333. The number of amidine groups is 1. The molecule has 0 fully saturated rings. The van der Waals surface area contributed by atoms with E-state index in [-0.39, 0.29) is 10.8 Å². The van der Waals surface area contributed by atoms with Gasteiger partial charge in [0.1, 0.15) is 5.84 Å². The number of nitrogens with zero attached hydrogens (tertiary/aromatic N) is 1. The maximum atomic E-state index is 12.6. The molecule has 1 amide bonds. The molecule has 6 nitrogen and oxygen atoms in total. The Bertz CT molecular complexity index is 1050. The predicted octanol–water partition coefficient (Wildman–Crippen LogP) is 4.71. The summed E-state index contributed by atoms with van der Waals surface area (Å²) in [5.41, 5.74) is 2.71. The zero-order chi connectivity index (χ0) is 22.3. The molecule has 2 N–H and O–H groups in total. The lowest BCUT2D eigenvalue weighted by atomic mass is 10.0. The predicted molar refractivity (Wildman–Crippen MR) is 126 cm³/mol. The van der Waals surface area contributed by atoms with E-state index in [0.29, 0.717) is 30.4 Å². The Hall–Kier alpha value is -2.93. The first-order valence-electron chi connectivity index (χ1n) is 10.6. The van der Waals surface area contributed by atoms with Crippen molar-refractivity contribution in [1.82, 2.24) is 4.72 Å². The standard InChI is InChI=1S/C24H29N3O3S/c1-18(2)20-10-7-19(8-11-20)9-16-24(28)26-21-12-14-22(15-13-21)31(29,30)27-23-6-4-3-5-17-25-23/h7-16,18H,3-6,17H2,1-2H3,(H,25,27)(H,26,28)/b16-9+. The zero-order valence-electron chi connectivity index (χ0n) is 18.0. The summed E-state index contributed by atoms with van der Waals surface area (Å²) in [4.78, 5) is 16.6. The molecule has 0 saturated carbocycles. The van der Waals surface area contributed by atoms with Gasteiger partial charge in [0.25, 0.3) is 10.0 Å².